The first-order valence-electron chi connectivity index (χ1n) is 9.19. The molecule has 4 aromatic rings. The zero-order valence-corrected chi connectivity index (χ0v) is 17.8. The first-order valence-corrected chi connectivity index (χ1v) is 9.94. The first kappa shape index (κ1) is 20.1. The largest absolute Gasteiger partial charge is 0.289 e. The summed E-state index contributed by atoms with van der Waals surface area (Å²) in [5, 5.41) is 12.5. The van der Waals surface area contributed by atoms with Crippen molar-refractivity contribution < 1.29 is 4.79 Å². The number of aryl methyl sites for hydroxylation is 1. The van der Waals surface area contributed by atoms with Gasteiger partial charge < -0.3 is 0 Å². The van der Waals surface area contributed by atoms with Crippen molar-refractivity contribution >= 4 is 35.1 Å². The van der Waals surface area contributed by atoms with E-state index in [9.17, 15) is 4.79 Å². The second kappa shape index (κ2) is 8.30. The lowest BCUT2D eigenvalue weighted by molar-refractivity contribution is 0.102. The quantitative estimate of drug-likeness (QED) is 0.488. The minimum atomic E-state index is -0.306. The topological polar surface area (TPSA) is 77.6 Å². The molecule has 0 bridgehead atoms. The van der Waals surface area contributed by atoms with Gasteiger partial charge in [0, 0.05) is 0 Å². The van der Waals surface area contributed by atoms with Crippen LogP contribution in [0, 0.1) is 13.8 Å². The van der Waals surface area contributed by atoms with Crippen LogP contribution in [0.4, 0.5) is 5.95 Å². The highest BCUT2D eigenvalue weighted by atomic mass is 35.5. The second-order valence-electron chi connectivity index (χ2n) is 6.76. The van der Waals surface area contributed by atoms with Crippen LogP contribution in [0.15, 0.2) is 54.9 Å². The maximum absolute atomic E-state index is 12.9. The van der Waals surface area contributed by atoms with Crippen LogP contribution in [0.25, 0.3) is 5.69 Å². The van der Waals surface area contributed by atoms with E-state index in [1.807, 2.05) is 43.3 Å². The van der Waals surface area contributed by atoms with Crippen molar-refractivity contribution in [3.05, 3.63) is 87.4 Å². The number of amides is 1. The molecule has 1 amide bonds. The van der Waals surface area contributed by atoms with Crippen LogP contribution in [0.3, 0.4) is 0 Å². The van der Waals surface area contributed by atoms with Gasteiger partial charge in [-0.15, -0.1) is 5.10 Å². The molecule has 2 aromatic carbocycles. The summed E-state index contributed by atoms with van der Waals surface area (Å²) in [4.78, 5) is 17.0. The molecule has 7 nitrogen and oxygen atoms in total. The Morgan fingerprint density at radius 2 is 1.80 bits per heavy atom. The summed E-state index contributed by atoms with van der Waals surface area (Å²) in [5.41, 5.74) is 3.68. The molecule has 0 aliphatic heterocycles. The number of halogens is 2. The van der Waals surface area contributed by atoms with Crippen LogP contribution < -0.4 is 5.32 Å². The number of benzene rings is 2. The maximum Gasteiger partial charge on any atom is 0.261 e. The van der Waals surface area contributed by atoms with E-state index in [1.54, 1.807) is 34.7 Å². The van der Waals surface area contributed by atoms with Crippen LogP contribution in [0.1, 0.15) is 27.3 Å². The summed E-state index contributed by atoms with van der Waals surface area (Å²) < 4.78 is 3.36. The van der Waals surface area contributed by atoms with Crippen molar-refractivity contribution in [2.75, 3.05) is 5.32 Å². The zero-order valence-electron chi connectivity index (χ0n) is 16.3. The van der Waals surface area contributed by atoms with E-state index in [0.717, 1.165) is 16.9 Å². The number of hydrogen-bond donors (Lipinski definition) is 1. The number of nitrogens with zero attached hydrogens (tertiary/aromatic N) is 5. The van der Waals surface area contributed by atoms with E-state index >= 15 is 0 Å². The minimum absolute atomic E-state index is 0.214. The number of anilines is 1. The van der Waals surface area contributed by atoms with Gasteiger partial charge in [0.1, 0.15) is 6.33 Å². The van der Waals surface area contributed by atoms with Crippen LogP contribution in [-0.4, -0.2) is 30.5 Å². The van der Waals surface area contributed by atoms with Crippen molar-refractivity contribution in [3.63, 3.8) is 0 Å². The SMILES string of the molecule is Cc1nn(-c2ccccc2)c(C)c1C(=O)Nc1ncn(Cc2ccc(Cl)c(Cl)c2)n1. The van der Waals surface area contributed by atoms with Crippen molar-refractivity contribution in [3.8, 4) is 5.69 Å². The van der Waals surface area contributed by atoms with E-state index in [-0.39, 0.29) is 11.9 Å². The normalized spacial score (nSPS) is 10.9. The van der Waals surface area contributed by atoms with Gasteiger partial charge in [-0.2, -0.15) is 5.10 Å². The predicted molar refractivity (Wildman–Crippen MR) is 117 cm³/mol. The lowest BCUT2D eigenvalue weighted by Crippen LogP contribution is -2.15. The van der Waals surface area contributed by atoms with E-state index < -0.39 is 0 Å². The molecular weight excluding hydrogens is 423 g/mol. The summed E-state index contributed by atoms with van der Waals surface area (Å²) in [7, 11) is 0. The Kier molecular flexibility index (Phi) is 5.57. The fraction of sp³-hybridized carbons (Fsp3) is 0.143. The molecule has 2 aromatic heterocycles. The van der Waals surface area contributed by atoms with Gasteiger partial charge in [-0.3, -0.25) is 10.1 Å². The molecule has 9 heteroatoms. The summed E-state index contributed by atoms with van der Waals surface area (Å²) in [6.07, 6.45) is 1.55. The van der Waals surface area contributed by atoms with Crippen molar-refractivity contribution in [1.29, 1.82) is 0 Å². The Morgan fingerprint density at radius 1 is 1.03 bits per heavy atom. The molecule has 1 N–H and O–H groups in total. The number of hydrogen-bond acceptors (Lipinski definition) is 4. The maximum atomic E-state index is 12.9. The summed E-state index contributed by atoms with van der Waals surface area (Å²) >= 11 is 12.0. The van der Waals surface area contributed by atoms with E-state index in [1.165, 1.54) is 0 Å². The number of para-hydroxylation sites is 1. The third kappa shape index (κ3) is 4.08. The van der Waals surface area contributed by atoms with Crippen molar-refractivity contribution in [2.45, 2.75) is 20.4 Å². The standard InChI is InChI=1S/C21H18Cl2N6O/c1-13-19(14(2)29(26-13)16-6-4-3-5-7-16)20(30)25-21-24-12-28(27-21)11-15-8-9-17(22)18(23)10-15/h3-10,12H,11H2,1-2H3,(H,25,27,30). The van der Waals surface area contributed by atoms with Crippen molar-refractivity contribution in [2.24, 2.45) is 0 Å². The molecule has 0 saturated heterocycles. The van der Waals surface area contributed by atoms with E-state index in [0.29, 0.717) is 27.8 Å². The van der Waals surface area contributed by atoms with Crippen molar-refractivity contribution in [1.82, 2.24) is 24.5 Å². The lowest BCUT2D eigenvalue weighted by atomic mass is 10.2. The fourth-order valence-corrected chi connectivity index (χ4v) is 3.53. The average molecular weight is 441 g/mol. The average Bonchev–Trinajstić information content (AvgIpc) is 3.28. The van der Waals surface area contributed by atoms with Crippen LogP contribution in [0.5, 0.6) is 0 Å². The van der Waals surface area contributed by atoms with Gasteiger partial charge in [0.05, 0.1) is 39.2 Å². The molecular formula is C21H18Cl2N6O. The highest BCUT2D eigenvalue weighted by Crippen LogP contribution is 2.23. The third-order valence-electron chi connectivity index (χ3n) is 4.61. The Balaban J connectivity index is 1.51. The Bertz CT molecular complexity index is 1220. The fourth-order valence-electron chi connectivity index (χ4n) is 3.21. The number of rotatable bonds is 5. The van der Waals surface area contributed by atoms with E-state index in [2.05, 4.69) is 20.5 Å². The first-order chi connectivity index (χ1) is 14.4. The number of carbonyl (C=O) groups excluding carboxylic acids is 1. The van der Waals surface area contributed by atoms with Gasteiger partial charge in [-0.05, 0) is 43.7 Å². The smallest absolute Gasteiger partial charge is 0.261 e. The zero-order chi connectivity index (χ0) is 21.3. The predicted octanol–water partition coefficient (Wildman–Crippen LogP) is 4.69. The number of aromatic nitrogens is 5. The molecule has 30 heavy (non-hydrogen) atoms. The molecule has 0 aliphatic carbocycles. The van der Waals surface area contributed by atoms with E-state index in [4.69, 9.17) is 23.2 Å². The molecule has 0 unspecified atom stereocenters. The van der Waals surface area contributed by atoms with Gasteiger partial charge in [0.25, 0.3) is 5.91 Å². The van der Waals surface area contributed by atoms with Crippen LogP contribution >= 0.6 is 23.2 Å². The Labute approximate surface area is 183 Å². The summed E-state index contributed by atoms with van der Waals surface area (Å²) in [5.74, 6) is -0.0919. The molecule has 0 atom stereocenters. The minimum Gasteiger partial charge on any atom is -0.289 e. The monoisotopic (exact) mass is 440 g/mol. The molecule has 0 aliphatic rings. The van der Waals surface area contributed by atoms with Crippen LogP contribution in [0.2, 0.25) is 10.0 Å². The molecule has 152 valence electrons. The molecule has 0 fully saturated rings. The highest BCUT2D eigenvalue weighted by molar-refractivity contribution is 6.42. The number of carbonyl (C=O) groups is 1. The van der Waals surface area contributed by atoms with Gasteiger partial charge in [-0.1, -0.05) is 47.5 Å². The molecule has 4 rings (SSSR count). The third-order valence-corrected chi connectivity index (χ3v) is 5.35. The highest BCUT2D eigenvalue weighted by Gasteiger charge is 2.20. The summed E-state index contributed by atoms with van der Waals surface area (Å²) in [6.45, 7) is 4.11. The molecule has 0 spiro atoms. The summed E-state index contributed by atoms with van der Waals surface area (Å²) in [6, 6.07) is 15.0. The van der Waals surface area contributed by atoms with Gasteiger partial charge in [-0.25, -0.2) is 14.3 Å². The Hall–Kier alpha value is -3.16. The number of nitrogens with one attached hydrogen (secondary N) is 1. The second-order valence-corrected chi connectivity index (χ2v) is 7.58. The Morgan fingerprint density at radius 3 is 2.53 bits per heavy atom. The molecule has 0 radical (unpaired) electrons. The van der Waals surface area contributed by atoms with Gasteiger partial charge in [0.15, 0.2) is 0 Å². The lowest BCUT2D eigenvalue weighted by Gasteiger charge is -2.05. The van der Waals surface area contributed by atoms with Crippen LogP contribution in [-0.2, 0) is 6.54 Å². The van der Waals surface area contributed by atoms with Gasteiger partial charge in [0.2, 0.25) is 5.95 Å². The van der Waals surface area contributed by atoms with Gasteiger partial charge >= 0.3 is 0 Å². The molecule has 2 heterocycles. The molecule has 0 saturated carbocycles.